The number of rotatable bonds is 10. The van der Waals surface area contributed by atoms with Crippen LogP contribution in [0.1, 0.15) is 37.7 Å². The molecule has 3 nitrogen and oxygen atoms in total. The monoisotopic (exact) mass is 296 g/mol. The van der Waals surface area contributed by atoms with Gasteiger partial charge in [0.25, 0.3) is 0 Å². The summed E-state index contributed by atoms with van der Waals surface area (Å²) < 4.78 is 5.55. The third-order valence-electron chi connectivity index (χ3n) is 3.14. The van der Waals surface area contributed by atoms with Crippen LogP contribution in [0.25, 0.3) is 0 Å². The molecule has 1 rings (SSSR count). The molecule has 20 heavy (non-hydrogen) atoms. The minimum Gasteiger partial charge on any atom is -0.479 e. The van der Waals surface area contributed by atoms with Gasteiger partial charge in [-0.2, -0.15) is 11.8 Å². The minimum absolute atomic E-state index is 0.572. The zero-order chi connectivity index (χ0) is 14.8. The maximum absolute atomic E-state index is 11.2. The number of hydrogen-bond acceptors (Lipinski definition) is 3. The average molecular weight is 296 g/mol. The molecule has 0 fully saturated rings. The van der Waals surface area contributed by atoms with Crippen molar-refractivity contribution < 1.29 is 14.6 Å². The summed E-state index contributed by atoms with van der Waals surface area (Å²) >= 11 is 1.85. The third-order valence-corrected chi connectivity index (χ3v) is 3.84. The summed E-state index contributed by atoms with van der Waals surface area (Å²) in [5.41, 5.74) is 1.14. The number of ether oxygens (including phenoxy) is 1. The maximum Gasteiger partial charge on any atom is 0.344 e. The first kappa shape index (κ1) is 16.9. The first-order valence-corrected chi connectivity index (χ1v) is 8.48. The molecule has 0 heterocycles. The van der Waals surface area contributed by atoms with E-state index in [9.17, 15) is 9.90 Å². The van der Waals surface area contributed by atoms with Crippen LogP contribution in [0.3, 0.4) is 0 Å². The Kier molecular flexibility index (Phi) is 8.19. The summed E-state index contributed by atoms with van der Waals surface area (Å²) in [6.07, 6.45) is 6.28. The van der Waals surface area contributed by atoms with E-state index in [1.165, 1.54) is 12.2 Å². The van der Waals surface area contributed by atoms with E-state index in [4.69, 9.17) is 4.74 Å². The molecular formula is C16H24O3S. The molecule has 4 heteroatoms. The topological polar surface area (TPSA) is 46.5 Å². The SMILES string of the molecule is CSCCCCCCC(Oc1ccc(C)cc1)C(=O)O. The molecule has 1 aromatic rings. The smallest absolute Gasteiger partial charge is 0.344 e. The van der Waals surface area contributed by atoms with Gasteiger partial charge in [-0.15, -0.1) is 0 Å². The van der Waals surface area contributed by atoms with Gasteiger partial charge in [-0.05, 0) is 50.3 Å². The fourth-order valence-corrected chi connectivity index (χ4v) is 2.44. The van der Waals surface area contributed by atoms with E-state index in [0.717, 1.165) is 24.8 Å². The molecular weight excluding hydrogens is 272 g/mol. The van der Waals surface area contributed by atoms with E-state index < -0.39 is 12.1 Å². The lowest BCUT2D eigenvalue weighted by molar-refractivity contribution is -0.145. The highest BCUT2D eigenvalue weighted by molar-refractivity contribution is 7.98. The van der Waals surface area contributed by atoms with Crippen molar-refractivity contribution in [2.24, 2.45) is 0 Å². The van der Waals surface area contributed by atoms with Crippen molar-refractivity contribution in [2.75, 3.05) is 12.0 Å². The molecule has 0 aliphatic rings. The lowest BCUT2D eigenvalue weighted by atomic mass is 10.1. The Bertz CT molecular complexity index is 389. The van der Waals surface area contributed by atoms with Gasteiger partial charge >= 0.3 is 5.97 Å². The van der Waals surface area contributed by atoms with Crippen LogP contribution in [0.2, 0.25) is 0 Å². The van der Waals surface area contributed by atoms with Gasteiger partial charge in [0.2, 0.25) is 0 Å². The third kappa shape index (κ3) is 6.85. The Labute approximate surface area is 125 Å². The molecule has 0 aromatic heterocycles. The van der Waals surface area contributed by atoms with Crippen molar-refractivity contribution in [1.29, 1.82) is 0 Å². The average Bonchev–Trinajstić information content (AvgIpc) is 2.43. The highest BCUT2D eigenvalue weighted by Gasteiger charge is 2.18. The Balaban J connectivity index is 2.33. The number of carboxylic acid groups (broad SMARTS) is 1. The number of thioether (sulfide) groups is 1. The van der Waals surface area contributed by atoms with Crippen LogP contribution >= 0.6 is 11.8 Å². The van der Waals surface area contributed by atoms with E-state index >= 15 is 0 Å². The summed E-state index contributed by atoms with van der Waals surface area (Å²) in [4.78, 5) is 11.2. The van der Waals surface area contributed by atoms with Crippen molar-refractivity contribution in [1.82, 2.24) is 0 Å². The normalized spacial score (nSPS) is 12.1. The van der Waals surface area contributed by atoms with Crippen LogP contribution in [0, 0.1) is 6.92 Å². The Morgan fingerprint density at radius 2 is 1.85 bits per heavy atom. The van der Waals surface area contributed by atoms with Crippen LogP contribution < -0.4 is 4.74 Å². The first-order chi connectivity index (χ1) is 9.63. The van der Waals surface area contributed by atoms with Crippen molar-refractivity contribution in [3.63, 3.8) is 0 Å². The largest absolute Gasteiger partial charge is 0.479 e. The molecule has 1 N–H and O–H groups in total. The van der Waals surface area contributed by atoms with Crippen LogP contribution in [-0.2, 0) is 4.79 Å². The molecule has 0 amide bonds. The van der Waals surface area contributed by atoms with E-state index in [2.05, 4.69) is 6.26 Å². The predicted molar refractivity (Wildman–Crippen MR) is 84.7 cm³/mol. The van der Waals surface area contributed by atoms with Crippen LogP contribution in [0.5, 0.6) is 5.75 Å². The molecule has 1 aromatic carbocycles. The standard InChI is InChI=1S/C16H24O3S/c1-13-8-10-14(11-9-13)19-15(16(17)18)7-5-3-4-6-12-20-2/h8-11,15H,3-7,12H2,1-2H3,(H,17,18). The zero-order valence-electron chi connectivity index (χ0n) is 12.3. The summed E-state index contributed by atoms with van der Waals surface area (Å²) in [5.74, 6) is 0.933. The van der Waals surface area contributed by atoms with Crippen molar-refractivity contribution in [2.45, 2.75) is 45.1 Å². The summed E-state index contributed by atoms with van der Waals surface area (Å²) in [5, 5.41) is 9.20. The highest BCUT2D eigenvalue weighted by atomic mass is 32.2. The predicted octanol–water partition coefficient (Wildman–Crippen LogP) is 4.14. The van der Waals surface area contributed by atoms with Gasteiger partial charge in [0.15, 0.2) is 6.10 Å². The van der Waals surface area contributed by atoms with Crippen LogP contribution in [0.15, 0.2) is 24.3 Å². The van der Waals surface area contributed by atoms with Gasteiger partial charge in [0.05, 0.1) is 0 Å². The second kappa shape index (κ2) is 9.70. The molecule has 1 atom stereocenters. The molecule has 0 saturated heterocycles. The Morgan fingerprint density at radius 3 is 2.45 bits per heavy atom. The molecule has 0 aliphatic carbocycles. The molecule has 112 valence electrons. The van der Waals surface area contributed by atoms with Gasteiger partial charge in [-0.3, -0.25) is 0 Å². The van der Waals surface area contributed by atoms with Gasteiger partial charge in [-0.25, -0.2) is 4.79 Å². The summed E-state index contributed by atoms with van der Waals surface area (Å²) in [6, 6.07) is 7.50. The number of aliphatic carboxylic acids is 1. The van der Waals surface area contributed by atoms with E-state index in [0.29, 0.717) is 12.2 Å². The van der Waals surface area contributed by atoms with Gasteiger partial charge in [-0.1, -0.05) is 30.5 Å². The first-order valence-electron chi connectivity index (χ1n) is 7.08. The van der Waals surface area contributed by atoms with Gasteiger partial charge in [0.1, 0.15) is 5.75 Å². The minimum atomic E-state index is -0.880. The molecule has 0 spiro atoms. The van der Waals surface area contributed by atoms with Crippen LogP contribution in [-0.4, -0.2) is 29.2 Å². The fraction of sp³-hybridized carbons (Fsp3) is 0.562. The highest BCUT2D eigenvalue weighted by Crippen LogP contribution is 2.17. The van der Waals surface area contributed by atoms with Gasteiger partial charge < -0.3 is 9.84 Å². The van der Waals surface area contributed by atoms with E-state index in [1.54, 1.807) is 0 Å². The number of unbranched alkanes of at least 4 members (excludes halogenated alkanes) is 3. The quantitative estimate of drug-likeness (QED) is 0.659. The maximum atomic E-state index is 11.2. The summed E-state index contributed by atoms with van der Waals surface area (Å²) in [6.45, 7) is 1.99. The Morgan fingerprint density at radius 1 is 1.20 bits per heavy atom. The number of hydrogen-bond donors (Lipinski definition) is 1. The van der Waals surface area contributed by atoms with E-state index in [1.807, 2.05) is 43.0 Å². The molecule has 0 bridgehead atoms. The summed E-state index contributed by atoms with van der Waals surface area (Å²) in [7, 11) is 0. The Hall–Kier alpha value is -1.16. The number of aryl methyl sites for hydroxylation is 1. The van der Waals surface area contributed by atoms with Crippen molar-refractivity contribution >= 4 is 17.7 Å². The number of carboxylic acids is 1. The number of benzene rings is 1. The fourth-order valence-electron chi connectivity index (χ4n) is 1.94. The van der Waals surface area contributed by atoms with E-state index in [-0.39, 0.29) is 0 Å². The number of carbonyl (C=O) groups is 1. The second-order valence-electron chi connectivity index (χ2n) is 4.95. The lowest BCUT2D eigenvalue weighted by Crippen LogP contribution is -2.26. The van der Waals surface area contributed by atoms with Crippen molar-refractivity contribution in [3.05, 3.63) is 29.8 Å². The molecule has 1 unspecified atom stereocenters. The molecule has 0 radical (unpaired) electrons. The zero-order valence-corrected chi connectivity index (χ0v) is 13.1. The van der Waals surface area contributed by atoms with Crippen molar-refractivity contribution in [3.8, 4) is 5.75 Å². The molecule has 0 saturated carbocycles. The lowest BCUT2D eigenvalue weighted by Gasteiger charge is -2.15. The second-order valence-corrected chi connectivity index (χ2v) is 5.94. The van der Waals surface area contributed by atoms with Gasteiger partial charge in [0, 0.05) is 0 Å². The van der Waals surface area contributed by atoms with Crippen LogP contribution in [0.4, 0.5) is 0 Å². The molecule has 0 aliphatic heterocycles.